The number of rotatable bonds is 6. The Hall–Kier alpha value is -3.57. The van der Waals surface area contributed by atoms with E-state index in [4.69, 9.17) is 8.53 Å². The van der Waals surface area contributed by atoms with Gasteiger partial charge in [-0.25, -0.2) is 13.4 Å². The van der Waals surface area contributed by atoms with Gasteiger partial charge in [0.25, 0.3) is 15.9 Å². The summed E-state index contributed by atoms with van der Waals surface area (Å²) in [7, 11) is -3.99. The number of carbonyl (C=O) groups is 3. The predicted molar refractivity (Wildman–Crippen MR) is 139 cm³/mol. The Balaban J connectivity index is 1.34. The van der Waals surface area contributed by atoms with E-state index < -0.39 is 45.7 Å². The number of aromatic nitrogens is 1. The van der Waals surface area contributed by atoms with Gasteiger partial charge in [0.1, 0.15) is 11.1 Å². The van der Waals surface area contributed by atoms with Crippen LogP contribution < -0.4 is 10.6 Å². The lowest BCUT2D eigenvalue weighted by Gasteiger charge is -2.37. The van der Waals surface area contributed by atoms with Crippen molar-refractivity contribution >= 4 is 38.6 Å². The van der Waals surface area contributed by atoms with Crippen molar-refractivity contribution in [2.75, 3.05) is 13.1 Å². The molecule has 38 heavy (non-hydrogen) atoms. The largest absolute Gasteiger partial charge is 0.451 e. The minimum absolute atomic E-state index is 0.0408. The van der Waals surface area contributed by atoms with Gasteiger partial charge in [0.05, 0.1) is 16.7 Å². The smallest absolute Gasteiger partial charge is 0.287 e. The second-order valence-electron chi connectivity index (χ2n) is 9.64. The van der Waals surface area contributed by atoms with Gasteiger partial charge in [0, 0.05) is 18.1 Å². The quantitative estimate of drug-likeness (QED) is 0.489. The van der Waals surface area contributed by atoms with E-state index in [0.717, 1.165) is 10.7 Å². The van der Waals surface area contributed by atoms with Gasteiger partial charge < -0.3 is 15.1 Å². The molecule has 3 aromatic rings. The maximum atomic E-state index is 13.7. The highest BCUT2D eigenvalue weighted by molar-refractivity contribution is 7.89. The molecular formula is C27H30N4O6S. The number of ketones is 1. The summed E-state index contributed by atoms with van der Waals surface area (Å²) in [5.74, 6) is -2.18. The van der Waals surface area contributed by atoms with Gasteiger partial charge >= 0.3 is 0 Å². The average molecular weight is 542 g/mol. The molecule has 200 valence electrons. The number of para-hydroxylation sites is 1. The molecule has 1 saturated heterocycles. The first-order valence-electron chi connectivity index (χ1n) is 14.1. The minimum atomic E-state index is -3.99. The normalized spacial score (nSPS) is 21.6. The third-order valence-corrected chi connectivity index (χ3v) is 8.84. The Labute approximate surface area is 225 Å². The van der Waals surface area contributed by atoms with E-state index in [9.17, 15) is 22.8 Å². The summed E-state index contributed by atoms with van der Waals surface area (Å²) in [5.41, 5.74) is -1.24. The highest BCUT2D eigenvalue weighted by Crippen LogP contribution is 2.30. The summed E-state index contributed by atoms with van der Waals surface area (Å²) in [6.45, 7) is -0.326. The van der Waals surface area contributed by atoms with E-state index in [1.807, 2.05) is 0 Å². The van der Waals surface area contributed by atoms with Crippen LogP contribution in [0.2, 0.25) is 0 Å². The number of amides is 2. The van der Waals surface area contributed by atoms with Crippen molar-refractivity contribution in [1.82, 2.24) is 19.9 Å². The van der Waals surface area contributed by atoms with Gasteiger partial charge in [0.2, 0.25) is 5.91 Å². The molecule has 3 heterocycles. The highest BCUT2D eigenvalue weighted by atomic mass is 32.2. The van der Waals surface area contributed by atoms with Crippen molar-refractivity contribution in [1.29, 1.82) is 0 Å². The molecule has 2 amide bonds. The molecule has 1 atom stereocenters. The van der Waals surface area contributed by atoms with E-state index in [-0.39, 0.29) is 52.8 Å². The number of benzene rings is 1. The van der Waals surface area contributed by atoms with Gasteiger partial charge in [-0.05, 0) is 49.9 Å². The lowest BCUT2D eigenvalue weighted by molar-refractivity contribution is -0.132. The van der Waals surface area contributed by atoms with Gasteiger partial charge in [-0.15, -0.1) is 0 Å². The van der Waals surface area contributed by atoms with Crippen LogP contribution in [-0.4, -0.2) is 60.0 Å². The molecule has 1 saturated carbocycles. The highest BCUT2D eigenvalue weighted by Gasteiger charge is 2.43. The molecule has 2 aliphatic rings. The molecule has 0 unspecified atom stereocenters. The summed E-state index contributed by atoms with van der Waals surface area (Å²) >= 11 is 0. The number of carbonyl (C=O) groups excluding carboxylic acids is 3. The zero-order chi connectivity index (χ0) is 29.4. The lowest BCUT2D eigenvalue weighted by Crippen LogP contribution is -2.62. The molecule has 0 spiro atoms. The standard InChI is InChI=1S/C27H30N4O6S/c32-21-18-31(38(35,36)24-12-4-7-15-28-24)16-8-10-20(21)29-26(34)27(13-5-1-6-14-27)30-25(33)23-17-19-9-2-3-11-22(19)37-23/h2-4,7,9,11-12,15,17,20H,1,5-6,8,10,13-14,16,18H2,(H,29,34)(H,30,33)/t20-/m0/s1/i2D,9D,17D. The van der Waals surface area contributed by atoms with Crippen molar-refractivity contribution in [2.24, 2.45) is 0 Å². The second-order valence-corrected chi connectivity index (χ2v) is 11.5. The molecule has 11 heteroatoms. The van der Waals surface area contributed by atoms with Crippen molar-refractivity contribution in [3.8, 4) is 0 Å². The molecule has 2 aromatic heterocycles. The van der Waals surface area contributed by atoms with E-state index in [2.05, 4.69) is 15.6 Å². The molecule has 1 aliphatic heterocycles. The van der Waals surface area contributed by atoms with Crippen molar-refractivity contribution in [2.45, 2.75) is 61.6 Å². The molecule has 5 rings (SSSR count). The first kappa shape index (κ1) is 22.4. The van der Waals surface area contributed by atoms with Crippen LogP contribution in [0.15, 0.2) is 64.1 Å². The summed E-state index contributed by atoms with van der Waals surface area (Å²) in [6.07, 6.45) is 4.68. The van der Waals surface area contributed by atoms with E-state index in [0.29, 0.717) is 32.1 Å². The van der Waals surface area contributed by atoms with Crippen LogP contribution in [-0.2, 0) is 19.6 Å². The molecule has 2 N–H and O–H groups in total. The molecular weight excluding hydrogens is 508 g/mol. The Morgan fingerprint density at radius 3 is 2.71 bits per heavy atom. The maximum absolute atomic E-state index is 13.7. The van der Waals surface area contributed by atoms with Crippen LogP contribution in [0.1, 0.15) is 59.6 Å². The van der Waals surface area contributed by atoms with E-state index in [1.165, 1.54) is 24.4 Å². The SMILES string of the molecule is [2H]c1ccc2oc(C(=O)NC3(C(=O)N[C@H]4CCCN(S(=O)(=O)c5ccccn5)CC4=O)CCCCC3)c([2H])c2c1[2H]. The number of Topliss-reactive ketones (excluding diaryl/α,β-unsaturated/α-hetero) is 1. The summed E-state index contributed by atoms with van der Waals surface area (Å²) in [4.78, 5) is 44.1. The monoisotopic (exact) mass is 541 g/mol. The molecule has 1 aliphatic carbocycles. The number of fused-ring (bicyclic) bond motifs is 1. The minimum Gasteiger partial charge on any atom is -0.451 e. The van der Waals surface area contributed by atoms with Crippen LogP contribution in [0.25, 0.3) is 11.0 Å². The van der Waals surface area contributed by atoms with Crippen LogP contribution in [0.3, 0.4) is 0 Å². The topological polar surface area (TPSA) is 139 Å². The molecule has 0 bridgehead atoms. The number of pyridine rings is 1. The van der Waals surface area contributed by atoms with E-state index >= 15 is 0 Å². The average Bonchev–Trinajstić information content (AvgIpc) is 3.19. The van der Waals surface area contributed by atoms with Crippen molar-refractivity contribution < 1.29 is 31.3 Å². The molecule has 1 aromatic carbocycles. The van der Waals surface area contributed by atoms with Gasteiger partial charge in [-0.2, -0.15) is 4.31 Å². The summed E-state index contributed by atoms with van der Waals surface area (Å²) < 4.78 is 57.0. The Morgan fingerprint density at radius 1 is 1.13 bits per heavy atom. The van der Waals surface area contributed by atoms with Crippen molar-refractivity contribution in [3.63, 3.8) is 0 Å². The fourth-order valence-electron chi connectivity index (χ4n) is 5.03. The predicted octanol–water partition coefficient (Wildman–Crippen LogP) is 2.80. The van der Waals surface area contributed by atoms with Gasteiger partial charge in [0.15, 0.2) is 16.6 Å². The number of hydrogen-bond donors (Lipinski definition) is 2. The Bertz CT molecular complexity index is 1610. The summed E-state index contributed by atoms with van der Waals surface area (Å²) in [6, 6.07) is 5.65. The van der Waals surface area contributed by atoms with Crippen molar-refractivity contribution in [3.05, 3.63) is 60.4 Å². The number of nitrogens with zero attached hydrogens (tertiary/aromatic N) is 2. The van der Waals surface area contributed by atoms with Crippen LogP contribution in [0.5, 0.6) is 0 Å². The third kappa shape index (κ3) is 5.21. The third-order valence-electron chi connectivity index (χ3n) is 7.08. The Kier molecular flexibility index (Phi) is 6.29. The fraction of sp³-hybridized carbons (Fsp3) is 0.407. The number of furan rings is 1. The molecule has 0 radical (unpaired) electrons. The first-order chi connectivity index (χ1) is 19.5. The maximum Gasteiger partial charge on any atom is 0.287 e. The number of hydrogen-bond acceptors (Lipinski definition) is 7. The van der Waals surface area contributed by atoms with Crippen LogP contribution in [0, 0.1) is 0 Å². The molecule has 2 fully saturated rings. The van der Waals surface area contributed by atoms with Crippen LogP contribution >= 0.6 is 0 Å². The zero-order valence-electron chi connectivity index (χ0n) is 23.7. The van der Waals surface area contributed by atoms with Gasteiger partial charge in [-0.3, -0.25) is 14.4 Å². The second kappa shape index (κ2) is 10.7. The van der Waals surface area contributed by atoms with Crippen LogP contribution in [0.4, 0.5) is 0 Å². The Morgan fingerprint density at radius 2 is 1.95 bits per heavy atom. The lowest BCUT2D eigenvalue weighted by atomic mass is 9.80. The molecule has 10 nitrogen and oxygen atoms in total. The summed E-state index contributed by atoms with van der Waals surface area (Å²) in [5, 5.41) is 5.42. The fourth-order valence-corrected chi connectivity index (χ4v) is 6.40. The van der Waals surface area contributed by atoms with E-state index in [1.54, 1.807) is 12.1 Å². The zero-order valence-corrected chi connectivity index (χ0v) is 21.5. The number of nitrogens with one attached hydrogen (secondary N) is 2. The van der Waals surface area contributed by atoms with Gasteiger partial charge in [-0.1, -0.05) is 43.5 Å². The number of sulfonamides is 1. The first-order valence-corrected chi connectivity index (χ1v) is 14.0.